The molecule has 3 rings (SSSR count). The molecular formula is C11H6BrClN4. The SMILES string of the molecule is Clc1cnc2c(-c3cccc(Br)n3)cnn2c1. The van der Waals surface area contributed by atoms with Crippen molar-refractivity contribution in [2.75, 3.05) is 0 Å². The number of nitrogens with zero attached hydrogens (tertiary/aromatic N) is 4. The van der Waals surface area contributed by atoms with Crippen LogP contribution in [-0.2, 0) is 0 Å². The molecule has 3 aromatic heterocycles. The first-order valence-corrected chi connectivity index (χ1v) is 6.03. The van der Waals surface area contributed by atoms with E-state index in [1.807, 2.05) is 18.2 Å². The fourth-order valence-electron chi connectivity index (χ4n) is 1.59. The third-order valence-electron chi connectivity index (χ3n) is 2.32. The van der Waals surface area contributed by atoms with Crippen molar-refractivity contribution in [3.63, 3.8) is 0 Å². The smallest absolute Gasteiger partial charge is 0.164 e. The molecule has 0 saturated carbocycles. The lowest BCUT2D eigenvalue weighted by Gasteiger charge is -1.98. The predicted octanol–water partition coefficient (Wildman–Crippen LogP) is 3.21. The van der Waals surface area contributed by atoms with E-state index in [1.54, 1.807) is 23.1 Å². The van der Waals surface area contributed by atoms with Crippen molar-refractivity contribution >= 4 is 33.2 Å². The fourth-order valence-corrected chi connectivity index (χ4v) is 2.08. The van der Waals surface area contributed by atoms with Gasteiger partial charge in [-0.3, -0.25) is 0 Å². The van der Waals surface area contributed by atoms with Crippen molar-refractivity contribution in [1.82, 2.24) is 19.6 Å². The Bertz CT molecular complexity index is 695. The van der Waals surface area contributed by atoms with Gasteiger partial charge in [-0.1, -0.05) is 17.7 Å². The Hall–Kier alpha value is -1.46. The summed E-state index contributed by atoms with van der Waals surface area (Å²) in [7, 11) is 0. The van der Waals surface area contributed by atoms with Crippen molar-refractivity contribution in [2.45, 2.75) is 0 Å². The van der Waals surface area contributed by atoms with Gasteiger partial charge in [0.05, 0.1) is 28.7 Å². The maximum atomic E-state index is 5.85. The van der Waals surface area contributed by atoms with Crippen LogP contribution in [0.4, 0.5) is 0 Å². The lowest BCUT2D eigenvalue weighted by atomic mass is 10.2. The third kappa shape index (κ3) is 1.92. The average Bonchev–Trinajstić information content (AvgIpc) is 2.71. The predicted molar refractivity (Wildman–Crippen MR) is 68.9 cm³/mol. The van der Waals surface area contributed by atoms with Gasteiger partial charge in [0.1, 0.15) is 4.60 Å². The molecule has 0 aliphatic carbocycles. The minimum Gasteiger partial charge on any atom is -0.241 e. The average molecular weight is 310 g/mol. The van der Waals surface area contributed by atoms with Gasteiger partial charge < -0.3 is 0 Å². The fraction of sp³-hybridized carbons (Fsp3) is 0. The lowest BCUT2D eigenvalue weighted by molar-refractivity contribution is 0.939. The second kappa shape index (κ2) is 4.09. The second-order valence-electron chi connectivity index (χ2n) is 3.44. The van der Waals surface area contributed by atoms with Crippen LogP contribution in [0.2, 0.25) is 5.02 Å². The number of hydrogen-bond acceptors (Lipinski definition) is 3. The van der Waals surface area contributed by atoms with E-state index in [2.05, 4.69) is 31.0 Å². The summed E-state index contributed by atoms with van der Waals surface area (Å²) >= 11 is 9.20. The van der Waals surface area contributed by atoms with Crippen molar-refractivity contribution in [3.05, 3.63) is 46.4 Å². The third-order valence-corrected chi connectivity index (χ3v) is 2.95. The molecule has 0 N–H and O–H groups in total. The van der Waals surface area contributed by atoms with Crippen LogP contribution in [0.25, 0.3) is 16.9 Å². The summed E-state index contributed by atoms with van der Waals surface area (Å²) in [6.07, 6.45) is 5.04. The van der Waals surface area contributed by atoms with Crippen molar-refractivity contribution < 1.29 is 0 Å². The molecule has 17 heavy (non-hydrogen) atoms. The number of pyridine rings is 1. The van der Waals surface area contributed by atoms with E-state index in [0.29, 0.717) is 5.02 Å². The number of aromatic nitrogens is 4. The molecule has 3 heterocycles. The van der Waals surface area contributed by atoms with Crippen LogP contribution in [0.15, 0.2) is 41.4 Å². The summed E-state index contributed by atoms with van der Waals surface area (Å²) < 4.78 is 2.42. The Morgan fingerprint density at radius 3 is 2.94 bits per heavy atom. The molecule has 0 bridgehead atoms. The summed E-state index contributed by atoms with van der Waals surface area (Å²) in [6, 6.07) is 5.71. The van der Waals surface area contributed by atoms with Crippen LogP contribution in [0.1, 0.15) is 0 Å². The quantitative estimate of drug-likeness (QED) is 0.648. The van der Waals surface area contributed by atoms with Gasteiger partial charge in [0.25, 0.3) is 0 Å². The summed E-state index contributed by atoms with van der Waals surface area (Å²) in [5.41, 5.74) is 2.44. The molecule has 84 valence electrons. The van der Waals surface area contributed by atoms with Crippen LogP contribution >= 0.6 is 27.5 Å². The summed E-state index contributed by atoms with van der Waals surface area (Å²) in [6.45, 7) is 0. The molecule has 0 unspecified atom stereocenters. The van der Waals surface area contributed by atoms with E-state index in [4.69, 9.17) is 11.6 Å². The summed E-state index contributed by atoms with van der Waals surface area (Å²) in [5, 5.41) is 4.75. The van der Waals surface area contributed by atoms with E-state index in [-0.39, 0.29) is 0 Å². The highest BCUT2D eigenvalue weighted by molar-refractivity contribution is 9.10. The lowest BCUT2D eigenvalue weighted by Crippen LogP contribution is -1.90. The van der Waals surface area contributed by atoms with E-state index >= 15 is 0 Å². The highest BCUT2D eigenvalue weighted by Gasteiger charge is 2.09. The Labute approximate surface area is 110 Å². The zero-order valence-electron chi connectivity index (χ0n) is 8.51. The van der Waals surface area contributed by atoms with E-state index in [1.165, 1.54) is 0 Å². The molecule has 0 radical (unpaired) electrons. The van der Waals surface area contributed by atoms with Crippen LogP contribution in [0.5, 0.6) is 0 Å². The maximum Gasteiger partial charge on any atom is 0.164 e. The molecule has 0 spiro atoms. The monoisotopic (exact) mass is 308 g/mol. The minimum absolute atomic E-state index is 0.550. The van der Waals surface area contributed by atoms with Crippen molar-refractivity contribution in [2.24, 2.45) is 0 Å². The Morgan fingerprint density at radius 1 is 1.24 bits per heavy atom. The Balaban J connectivity index is 2.24. The zero-order valence-corrected chi connectivity index (χ0v) is 10.9. The van der Waals surface area contributed by atoms with Gasteiger partial charge in [0, 0.05) is 6.20 Å². The highest BCUT2D eigenvalue weighted by atomic mass is 79.9. The molecule has 6 heteroatoms. The largest absolute Gasteiger partial charge is 0.241 e. The molecule has 0 aliphatic rings. The molecule has 4 nitrogen and oxygen atoms in total. The van der Waals surface area contributed by atoms with Crippen LogP contribution in [0, 0.1) is 0 Å². The van der Waals surface area contributed by atoms with Gasteiger partial charge in [-0.2, -0.15) is 5.10 Å². The standard InChI is InChI=1S/C11H6BrClN4/c12-10-3-1-2-9(16-10)8-5-15-17-6-7(13)4-14-11(8)17/h1-6H. The molecule has 0 aliphatic heterocycles. The first kappa shape index (κ1) is 10.7. The maximum absolute atomic E-state index is 5.85. The molecule has 0 saturated heterocycles. The topological polar surface area (TPSA) is 43.1 Å². The summed E-state index contributed by atoms with van der Waals surface area (Å²) in [4.78, 5) is 8.64. The van der Waals surface area contributed by atoms with Gasteiger partial charge in [-0.25, -0.2) is 14.5 Å². The number of hydrogen-bond donors (Lipinski definition) is 0. The van der Waals surface area contributed by atoms with Gasteiger partial charge in [-0.15, -0.1) is 0 Å². The Kier molecular flexibility index (Phi) is 2.57. The normalized spacial score (nSPS) is 10.9. The van der Waals surface area contributed by atoms with Crippen molar-refractivity contribution in [3.8, 4) is 11.3 Å². The Morgan fingerprint density at radius 2 is 2.12 bits per heavy atom. The van der Waals surface area contributed by atoms with E-state index < -0.39 is 0 Å². The van der Waals surface area contributed by atoms with E-state index in [0.717, 1.165) is 21.5 Å². The molecular weight excluding hydrogens is 304 g/mol. The number of fused-ring (bicyclic) bond motifs is 1. The van der Waals surface area contributed by atoms with Crippen LogP contribution in [0.3, 0.4) is 0 Å². The number of rotatable bonds is 1. The second-order valence-corrected chi connectivity index (χ2v) is 4.69. The van der Waals surface area contributed by atoms with Crippen LogP contribution in [-0.4, -0.2) is 19.6 Å². The van der Waals surface area contributed by atoms with Gasteiger partial charge in [0.2, 0.25) is 0 Å². The first-order chi connectivity index (χ1) is 8.24. The van der Waals surface area contributed by atoms with Crippen molar-refractivity contribution in [1.29, 1.82) is 0 Å². The van der Waals surface area contributed by atoms with Crippen LogP contribution < -0.4 is 0 Å². The minimum atomic E-state index is 0.550. The molecule has 3 aromatic rings. The molecule has 0 amide bonds. The molecule has 0 fully saturated rings. The summed E-state index contributed by atoms with van der Waals surface area (Å²) in [5.74, 6) is 0. The highest BCUT2D eigenvalue weighted by Crippen LogP contribution is 2.23. The van der Waals surface area contributed by atoms with Gasteiger partial charge in [-0.05, 0) is 28.1 Å². The first-order valence-electron chi connectivity index (χ1n) is 4.86. The number of halogens is 2. The molecule has 0 aromatic carbocycles. The van der Waals surface area contributed by atoms with Gasteiger partial charge in [0.15, 0.2) is 5.65 Å². The van der Waals surface area contributed by atoms with Gasteiger partial charge >= 0.3 is 0 Å². The molecule has 0 atom stereocenters. The van der Waals surface area contributed by atoms with E-state index in [9.17, 15) is 0 Å². The zero-order chi connectivity index (χ0) is 11.8.